The number of nitro benzene ring substituents is 1. The maximum atomic E-state index is 12.3. The van der Waals surface area contributed by atoms with E-state index in [0.717, 1.165) is 3.57 Å². The van der Waals surface area contributed by atoms with Crippen molar-refractivity contribution in [1.29, 1.82) is 0 Å². The van der Waals surface area contributed by atoms with E-state index in [1.165, 1.54) is 30.5 Å². The number of nitrogens with zero attached hydrogens (tertiary/aromatic N) is 2. The molecule has 158 valence electrons. The third kappa shape index (κ3) is 5.32. The van der Waals surface area contributed by atoms with Crippen LogP contribution in [0.15, 0.2) is 45.9 Å². The normalized spacial score (nSPS) is 10.7. The summed E-state index contributed by atoms with van der Waals surface area (Å²) in [5, 5.41) is 15.3. The van der Waals surface area contributed by atoms with Crippen molar-refractivity contribution < 1.29 is 23.6 Å². The molecule has 1 amide bonds. The first-order valence-electron chi connectivity index (χ1n) is 8.97. The molecule has 10 heteroatoms. The smallest absolute Gasteiger partial charge is 0.307 e. The SMILES string of the molecule is C#CCOc1c(I)cc(/C=N\NC(=O)c2cc3cc([N+](=O)[O-])ccc3o2)cc1OCC. The Kier molecular flexibility index (Phi) is 7.09. The maximum Gasteiger partial charge on any atom is 0.307 e. The van der Waals surface area contributed by atoms with Gasteiger partial charge in [0, 0.05) is 17.5 Å². The van der Waals surface area contributed by atoms with Crippen molar-refractivity contribution in [3.8, 4) is 23.8 Å². The van der Waals surface area contributed by atoms with Crippen LogP contribution in [0.5, 0.6) is 11.5 Å². The van der Waals surface area contributed by atoms with Crippen molar-refractivity contribution in [2.24, 2.45) is 5.10 Å². The summed E-state index contributed by atoms with van der Waals surface area (Å²) in [6.45, 7) is 2.39. The fourth-order valence-corrected chi connectivity index (χ4v) is 3.44. The number of benzene rings is 2. The Hall–Kier alpha value is -3.59. The number of amides is 1. The summed E-state index contributed by atoms with van der Waals surface area (Å²) >= 11 is 2.09. The second-order valence-electron chi connectivity index (χ2n) is 6.04. The highest BCUT2D eigenvalue weighted by Crippen LogP contribution is 2.34. The Labute approximate surface area is 190 Å². The van der Waals surface area contributed by atoms with Gasteiger partial charge in [-0.25, -0.2) is 5.43 Å². The molecule has 0 bridgehead atoms. The molecule has 0 atom stereocenters. The van der Waals surface area contributed by atoms with Crippen LogP contribution >= 0.6 is 22.6 Å². The van der Waals surface area contributed by atoms with Gasteiger partial charge in [0.2, 0.25) is 0 Å². The number of fused-ring (bicyclic) bond motifs is 1. The van der Waals surface area contributed by atoms with Crippen molar-refractivity contribution in [3.05, 3.63) is 61.4 Å². The summed E-state index contributed by atoms with van der Waals surface area (Å²) in [4.78, 5) is 22.7. The molecule has 2 aromatic carbocycles. The van der Waals surface area contributed by atoms with E-state index >= 15 is 0 Å². The molecule has 31 heavy (non-hydrogen) atoms. The summed E-state index contributed by atoms with van der Waals surface area (Å²) in [7, 11) is 0. The molecule has 0 aliphatic carbocycles. The minimum atomic E-state index is -0.594. The number of carbonyl (C=O) groups is 1. The second kappa shape index (κ2) is 9.94. The number of rotatable bonds is 8. The van der Waals surface area contributed by atoms with E-state index in [9.17, 15) is 14.9 Å². The lowest BCUT2D eigenvalue weighted by Gasteiger charge is -2.13. The summed E-state index contributed by atoms with van der Waals surface area (Å²) in [6, 6.07) is 9.01. The number of terminal acetylenes is 1. The Morgan fingerprint density at radius 3 is 2.87 bits per heavy atom. The number of nitro groups is 1. The average molecular weight is 533 g/mol. The predicted octanol–water partition coefficient (Wildman–Crippen LogP) is 4.12. The molecule has 1 heterocycles. The minimum Gasteiger partial charge on any atom is -0.490 e. The molecule has 0 aliphatic rings. The first-order valence-corrected chi connectivity index (χ1v) is 10.0. The lowest BCUT2D eigenvalue weighted by molar-refractivity contribution is -0.384. The van der Waals surface area contributed by atoms with Gasteiger partial charge in [-0.1, -0.05) is 5.92 Å². The van der Waals surface area contributed by atoms with Crippen LogP contribution in [-0.2, 0) is 0 Å². The Bertz CT molecular complexity index is 1210. The molecule has 0 radical (unpaired) electrons. The number of halogens is 1. The van der Waals surface area contributed by atoms with Gasteiger partial charge in [0.25, 0.3) is 5.69 Å². The van der Waals surface area contributed by atoms with Gasteiger partial charge in [-0.15, -0.1) is 6.42 Å². The highest BCUT2D eigenvalue weighted by Gasteiger charge is 2.15. The van der Waals surface area contributed by atoms with Crippen LogP contribution in [0.3, 0.4) is 0 Å². The predicted molar refractivity (Wildman–Crippen MR) is 123 cm³/mol. The third-order valence-corrected chi connectivity index (χ3v) is 4.75. The number of furan rings is 1. The largest absolute Gasteiger partial charge is 0.490 e. The highest BCUT2D eigenvalue weighted by atomic mass is 127. The van der Waals surface area contributed by atoms with Crippen molar-refractivity contribution >= 4 is 51.4 Å². The standard InChI is InChI=1S/C21H16IN3O6/c1-3-7-30-20-16(22)8-13(9-18(20)29-4-2)12-23-24-21(26)19-11-14-10-15(25(27)28)5-6-17(14)31-19/h1,5-6,8-12H,4,7H2,2H3,(H,24,26)/b23-12-. The molecule has 0 saturated heterocycles. The molecule has 1 N–H and O–H groups in total. The number of ether oxygens (including phenoxy) is 2. The lowest BCUT2D eigenvalue weighted by Crippen LogP contribution is -2.16. The Morgan fingerprint density at radius 2 is 2.16 bits per heavy atom. The van der Waals surface area contributed by atoms with Crippen molar-refractivity contribution in [2.75, 3.05) is 13.2 Å². The molecule has 0 aliphatic heterocycles. The minimum absolute atomic E-state index is 0.0183. The van der Waals surface area contributed by atoms with Crippen molar-refractivity contribution in [1.82, 2.24) is 5.43 Å². The van der Waals surface area contributed by atoms with E-state index in [1.54, 1.807) is 12.1 Å². The van der Waals surface area contributed by atoms with Gasteiger partial charge < -0.3 is 13.9 Å². The van der Waals surface area contributed by atoms with Crippen LogP contribution in [0.25, 0.3) is 11.0 Å². The molecule has 9 nitrogen and oxygen atoms in total. The molecular formula is C21H16IN3O6. The zero-order valence-corrected chi connectivity index (χ0v) is 18.4. The lowest BCUT2D eigenvalue weighted by atomic mass is 10.2. The van der Waals surface area contributed by atoms with E-state index < -0.39 is 10.8 Å². The van der Waals surface area contributed by atoms with Crippen LogP contribution in [-0.4, -0.2) is 30.3 Å². The van der Waals surface area contributed by atoms with Crippen LogP contribution in [0, 0.1) is 26.0 Å². The zero-order valence-electron chi connectivity index (χ0n) is 16.3. The van der Waals surface area contributed by atoms with E-state index in [1.807, 2.05) is 6.92 Å². The van der Waals surface area contributed by atoms with E-state index in [2.05, 4.69) is 39.0 Å². The third-order valence-electron chi connectivity index (χ3n) is 3.95. The molecule has 1 aromatic heterocycles. The number of nitrogens with one attached hydrogen (secondary N) is 1. The molecule has 0 unspecified atom stereocenters. The number of hydrazone groups is 1. The summed E-state index contributed by atoms with van der Waals surface area (Å²) in [5.74, 6) is 2.85. The van der Waals surface area contributed by atoms with Crippen LogP contribution in [0.1, 0.15) is 23.0 Å². The van der Waals surface area contributed by atoms with Gasteiger partial charge in [0.1, 0.15) is 12.2 Å². The quantitative estimate of drug-likeness (QED) is 0.153. The van der Waals surface area contributed by atoms with Gasteiger partial charge in [0.05, 0.1) is 21.3 Å². The van der Waals surface area contributed by atoms with Crippen LogP contribution in [0.2, 0.25) is 0 Å². The van der Waals surface area contributed by atoms with Crippen LogP contribution in [0.4, 0.5) is 5.69 Å². The van der Waals surface area contributed by atoms with E-state index in [-0.39, 0.29) is 18.1 Å². The van der Waals surface area contributed by atoms with Crippen molar-refractivity contribution in [2.45, 2.75) is 6.92 Å². The fourth-order valence-electron chi connectivity index (χ4n) is 2.66. The summed E-state index contributed by atoms with van der Waals surface area (Å²) in [6.07, 6.45) is 6.70. The Morgan fingerprint density at radius 1 is 1.35 bits per heavy atom. The highest BCUT2D eigenvalue weighted by molar-refractivity contribution is 14.1. The number of non-ortho nitro benzene ring substituents is 1. The van der Waals surface area contributed by atoms with Gasteiger partial charge in [-0.05, 0) is 59.3 Å². The van der Waals surface area contributed by atoms with Crippen LogP contribution < -0.4 is 14.9 Å². The zero-order chi connectivity index (χ0) is 22.4. The monoisotopic (exact) mass is 533 g/mol. The summed E-state index contributed by atoms with van der Waals surface area (Å²) in [5.41, 5.74) is 3.30. The number of hydrogen-bond acceptors (Lipinski definition) is 7. The van der Waals surface area contributed by atoms with Gasteiger partial charge in [-0.3, -0.25) is 14.9 Å². The number of carbonyl (C=O) groups excluding carboxylic acids is 1. The van der Waals surface area contributed by atoms with Gasteiger partial charge in [0.15, 0.2) is 17.3 Å². The van der Waals surface area contributed by atoms with Gasteiger partial charge >= 0.3 is 5.91 Å². The first-order chi connectivity index (χ1) is 14.9. The molecule has 0 saturated carbocycles. The molecular weight excluding hydrogens is 517 g/mol. The molecule has 0 fully saturated rings. The molecule has 3 rings (SSSR count). The van der Waals surface area contributed by atoms with Gasteiger partial charge in [-0.2, -0.15) is 5.10 Å². The molecule has 3 aromatic rings. The fraction of sp³-hybridized carbons (Fsp3) is 0.143. The first kappa shape index (κ1) is 22.1. The van der Waals surface area contributed by atoms with Crippen molar-refractivity contribution in [3.63, 3.8) is 0 Å². The maximum absolute atomic E-state index is 12.3. The van der Waals surface area contributed by atoms with E-state index in [4.69, 9.17) is 20.3 Å². The Balaban J connectivity index is 1.75. The summed E-state index contributed by atoms with van der Waals surface area (Å²) < 4.78 is 17.3. The van der Waals surface area contributed by atoms with E-state index in [0.29, 0.717) is 34.6 Å². The topological polar surface area (TPSA) is 116 Å². The average Bonchev–Trinajstić information content (AvgIpc) is 3.17. The number of hydrogen-bond donors (Lipinski definition) is 1. The molecule has 0 spiro atoms. The second-order valence-corrected chi connectivity index (χ2v) is 7.21.